The number of nitrogens with zero attached hydrogens (tertiary/aromatic N) is 7. The molecule has 0 spiro atoms. The number of carbonyl (C=O) groups is 1. The van der Waals surface area contributed by atoms with E-state index in [4.69, 9.17) is 20.9 Å². The summed E-state index contributed by atoms with van der Waals surface area (Å²) in [6.07, 6.45) is 9.86. The fourth-order valence-electron chi connectivity index (χ4n) is 3.95. The third-order valence-electron chi connectivity index (χ3n) is 5.82. The molecule has 0 aromatic carbocycles. The molecule has 1 saturated heterocycles. The van der Waals surface area contributed by atoms with Crippen LogP contribution in [0.3, 0.4) is 0 Å². The number of nitrogens with one attached hydrogen (secondary N) is 1. The highest BCUT2D eigenvalue weighted by Crippen LogP contribution is 2.28. The van der Waals surface area contributed by atoms with Crippen molar-refractivity contribution in [3.63, 3.8) is 0 Å². The van der Waals surface area contributed by atoms with Gasteiger partial charge in [-0.05, 0) is 25.7 Å². The van der Waals surface area contributed by atoms with Crippen LogP contribution in [0.2, 0.25) is 0 Å². The average Bonchev–Trinajstić information content (AvgIpc) is 3.24. The Morgan fingerprint density at radius 2 is 1.82 bits per heavy atom. The van der Waals surface area contributed by atoms with Gasteiger partial charge in [0.2, 0.25) is 11.9 Å². The van der Waals surface area contributed by atoms with E-state index in [9.17, 15) is 9.90 Å². The zero-order chi connectivity index (χ0) is 23.2. The van der Waals surface area contributed by atoms with Crippen molar-refractivity contribution in [3.8, 4) is 11.4 Å². The zero-order valence-corrected chi connectivity index (χ0v) is 18.4. The van der Waals surface area contributed by atoms with Gasteiger partial charge in [0.15, 0.2) is 22.8 Å². The number of nitrogens with two attached hydrogens (primary N) is 1. The van der Waals surface area contributed by atoms with Gasteiger partial charge in [0.25, 0.3) is 0 Å². The summed E-state index contributed by atoms with van der Waals surface area (Å²) in [5.41, 5.74) is 9.42. The third-order valence-corrected chi connectivity index (χ3v) is 5.82. The first kappa shape index (κ1) is 22.8. The summed E-state index contributed by atoms with van der Waals surface area (Å²) in [7, 11) is 0. The number of hydrogen-bond acceptors (Lipinski definition) is 10. The van der Waals surface area contributed by atoms with Crippen LogP contribution in [-0.4, -0.2) is 64.9 Å². The highest BCUT2D eigenvalue weighted by Gasteiger charge is 2.23. The number of anilines is 2. The van der Waals surface area contributed by atoms with E-state index in [1.807, 2.05) is 4.57 Å². The molecular weight excluding hydrogens is 426 g/mol. The molecule has 0 bridgehead atoms. The second-order valence-corrected chi connectivity index (χ2v) is 8.23. The number of aromatic nitrogens is 6. The molecule has 5 N–H and O–H groups in total. The predicted molar refractivity (Wildman–Crippen MR) is 121 cm³/mol. The first-order chi connectivity index (χ1) is 16.0. The van der Waals surface area contributed by atoms with Gasteiger partial charge in [-0.25, -0.2) is 30.4 Å². The van der Waals surface area contributed by atoms with Crippen LogP contribution >= 0.6 is 0 Å². The van der Waals surface area contributed by atoms with Gasteiger partial charge in [-0.15, -0.1) is 0 Å². The maximum absolute atomic E-state index is 11.1. The molecule has 1 amide bonds. The number of imidazole rings is 1. The highest BCUT2D eigenvalue weighted by atomic mass is 16.5. The molecule has 4 heterocycles. The van der Waals surface area contributed by atoms with E-state index in [1.54, 1.807) is 24.2 Å². The number of rotatable bonds is 9. The van der Waals surface area contributed by atoms with E-state index >= 15 is 0 Å². The molecule has 1 fully saturated rings. The lowest BCUT2D eigenvalue weighted by Gasteiger charge is -2.30. The maximum atomic E-state index is 11.1. The van der Waals surface area contributed by atoms with Crippen LogP contribution in [0, 0.1) is 0 Å². The van der Waals surface area contributed by atoms with Gasteiger partial charge >= 0.3 is 0 Å². The zero-order valence-electron chi connectivity index (χ0n) is 18.4. The summed E-state index contributed by atoms with van der Waals surface area (Å²) in [6, 6.07) is 0. The molecule has 12 nitrogen and oxygen atoms in total. The molecule has 4 rings (SSSR count). The molecular formula is C21H29N9O3. The van der Waals surface area contributed by atoms with Crippen LogP contribution in [-0.2, 0) is 11.3 Å². The molecule has 0 saturated carbocycles. The summed E-state index contributed by atoms with van der Waals surface area (Å²) in [6.45, 7) is 2.12. The van der Waals surface area contributed by atoms with Gasteiger partial charge in [0.1, 0.15) is 0 Å². The summed E-state index contributed by atoms with van der Waals surface area (Å²) < 4.78 is 2.02. The number of unbranched alkanes of at least 4 members (excludes halogenated alkanes) is 3. The number of hydrogen-bond donors (Lipinski definition) is 4. The van der Waals surface area contributed by atoms with Gasteiger partial charge in [0.05, 0.1) is 18.0 Å². The lowest BCUT2D eigenvalue weighted by molar-refractivity contribution is -0.129. The third kappa shape index (κ3) is 5.52. The Morgan fingerprint density at radius 3 is 2.55 bits per heavy atom. The monoisotopic (exact) mass is 455 g/mol. The topological polar surface area (TPSA) is 168 Å². The molecule has 176 valence electrons. The van der Waals surface area contributed by atoms with Crippen molar-refractivity contribution < 1.29 is 15.1 Å². The maximum Gasteiger partial charge on any atom is 0.243 e. The van der Waals surface area contributed by atoms with E-state index in [2.05, 4.69) is 19.9 Å². The minimum Gasteiger partial charge on any atom is -0.393 e. The van der Waals surface area contributed by atoms with Crippen molar-refractivity contribution in [1.82, 2.24) is 35.0 Å². The fraction of sp³-hybridized carbons (Fsp3) is 0.524. The van der Waals surface area contributed by atoms with Crippen molar-refractivity contribution >= 4 is 28.8 Å². The van der Waals surface area contributed by atoms with Crippen LogP contribution in [0.4, 0.5) is 11.8 Å². The number of piperidine rings is 1. The minimum atomic E-state index is -0.357. The number of carbonyl (C=O) groups excluding carboxylic acids is 1. The summed E-state index contributed by atoms with van der Waals surface area (Å²) >= 11 is 0. The summed E-state index contributed by atoms with van der Waals surface area (Å²) in [4.78, 5) is 35.5. The number of aliphatic hydroxyl groups is 1. The number of fused-ring (bicyclic) bond motifs is 1. The van der Waals surface area contributed by atoms with Crippen LogP contribution in [0.5, 0.6) is 0 Å². The SMILES string of the molecule is Nc1ncc(-c2nc(N3CCC(O)CC3)c3ncn(CCCCCCC(=O)NO)c3n2)cn1. The van der Waals surface area contributed by atoms with Gasteiger partial charge in [-0.3, -0.25) is 10.0 Å². The van der Waals surface area contributed by atoms with Crippen molar-refractivity contribution in [3.05, 3.63) is 18.7 Å². The first-order valence-corrected chi connectivity index (χ1v) is 11.2. The average molecular weight is 456 g/mol. The molecule has 0 aliphatic carbocycles. The minimum absolute atomic E-state index is 0.187. The molecule has 1 aliphatic rings. The second-order valence-electron chi connectivity index (χ2n) is 8.23. The van der Waals surface area contributed by atoms with E-state index in [-0.39, 0.29) is 18.0 Å². The standard InChI is InChI=1S/C21H29N9O3/c22-21-23-11-14(12-24-21)18-26-19(29-9-6-15(31)7-10-29)17-20(27-18)30(13-25-17)8-4-2-1-3-5-16(32)28-33/h11-13,15,31,33H,1-10H2,(H,28,32)(H2,22,23,24). The van der Waals surface area contributed by atoms with Gasteiger partial charge in [-0.1, -0.05) is 12.8 Å². The lowest BCUT2D eigenvalue weighted by Crippen LogP contribution is -2.36. The Bertz CT molecular complexity index is 1080. The molecule has 3 aromatic rings. The number of aliphatic hydroxyl groups excluding tert-OH is 1. The normalized spacial score (nSPS) is 14.7. The van der Waals surface area contributed by atoms with Crippen molar-refractivity contribution in [1.29, 1.82) is 0 Å². The Morgan fingerprint density at radius 1 is 1.09 bits per heavy atom. The van der Waals surface area contributed by atoms with E-state index in [0.29, 0.717) is 43.7 Å². The molecule has 33 heavy (non-hydrogen) atoms. The number of aryl methyl sites for hydroxylation is 1. The van der Waals surface area contributed by atoms with E-state index in [0.717, 1.165) is 49.2 Å². The molecule has 3 aromatic heterocycles. The van der Waals surface area contributed by atoms with Crippen LogP contribution in [0.1, 0.15) is 44.9 Å². The van der Waals surface area contributed by atoms with Crippen molar-refractivity contribution in [2.24, 2.45) is 0 Å². The van der Waals surface area contributed by atoms with Gasteiger partial charge in [-0.2, -0.15) is 0 Å². The van der Waals surface area contributed by atoms with Crippen LogP contribution in [0.25, 0.3) is 22.6 Å². The molecule has 1 aliphatic heterocycles. The fourth-order valence-corrected chi connectivity index (χ4v) is 3.95. The van der Waals surface area contributed by atoms with Crippen LogP contribution in [0.15, 0.2) is 18.7 Å². The lowest BCUT2D eigenvalue weighted by atomic mass is 10.1. The number of nitrogen functional groups attached to an aromatic ring is 1. The summed E-state index contributed by atoms with van der Waals surface area (Å²) in [5, 5.41) is 18.5. The molecule has 0 atom stereocenters. The Labute approximate surface area is 190 Å². The largest absolute Gasteiger partial charge is 0.393 e. The molecule has 0 unspecified atom stereocenters. The van der Waals surface area contributed by atoms with E-state index in [1.165, 1.54) is 0 Å². The highest BCUT2D eigenvalue weighted by molar-refractivity contribution is 5.85. The van der Waals surface area contributed by atoms with E-state index < -0.39 is 0 Å². The Hall–Kier alpha value is -3.38. The quantitative estimate of drug-likeness (QED) is 0.209. The summed E-state index contributed by atoms with van der Waals surface area (Å²) in [5.74, 6) is 1.07. The smallest absolute Gasteiger partial charge is 0.243 e. The Kier molecular flexibility index (Phi) is 7.25. The van der Waals surface area contributed by atoms with Crippen LogP contribution < -0.4 is 16.1 Å². The molecule has 0 radical (unpaired) electrons. The second kappa shape index (κ2) is 10.5. The van der Waals surface area contributed by atoms with Gasteiger partial charge in [0, 0.05) is 38.4 Å². The first-order valence-electron chi connectivity index (χ1n) is 11.2. The van der Waals surface area contributed by atoms with Gasteiger partial charge < -0.3 is 20.3 Å². The predicted octanol–water partition coefficient (Wildman–Crippen LogP) is 1.28. The Balaban J connectivity index is 1.56. The number of hydroxylamine groups is 1. The number of amides is 1. The molecule has 12 heteroatoms. The van der Waals surface area contributed by atoms with Crippen molar-refractivity contribution in [2.75, 3.05) is 23.7 Å². The van der Waals surface area contributed by atoms with Crippen molar-refractivity contribution in [2.45, 2.75) is 57.6 Å².